The summed E-state index contributed by atoms with van der Waals surface area (Å²) in [5.74, 6) is 0.266. The van der Waals surface area contributed by atoms with E-state index in [1.54, 1.807) is 0 Å². The van der Waals surface area contributed by atoms with Crippen molar-refractivity contribution < 1.29 is 11.6 Å². The summed E-state index contributed by atoms with van der Waals surface area (Å²) in [5, 5.41) is 0. The van der Waals surface area contributed by atoms with Gasteiger partial charge in [0.25, 0.3) is 0 Å². The van der Waals surface area contributed by atoms with Gasteiger partial charge in [0.15, 0.2) is 0 Å². The molecule has 0 radical (unpaired) electrons. The highest BCUT2D eigenvalue weighted by Gasteiger charge is 1.89. The molecule has 54 valence electrons. The Kier molecular flexibility index (Phi) is 0.849. The van der Waals surface area contributed by atoms with Gasteiger partial charge in [-0.05, 0) is 19.0 Å². The lowest BCUT2D eigenvalue weighted by Crippen LogP contribution is -1.93. The predicted molar refractivity (Wildman–Crippen MR) is 39.8 cm³/mol. The minimum Gasteiger partial charge on any atom is -0.492 e. The monoisotopic (exact) mass is 143 g/mol. The number of nitrogens with zero attached hydrogens (tertiary/aromatic N) is 1. The molecule has 0 atom stereocenters. The Morgan fingerprint density at radius 1 is 1.90 bits per heavy atom. The predicted octanol–water partition coefficient (Wildman–Crippen LogP) is 1.06. The van der Waals surface area contributed by atoms with Crippen molar-refractivity contribution in [2.24, 2.45) is 0 Å². The van der Waals surface area contributed by atoms with Gasteiger partial charge in [0.05, 0.1) is 15.5 Å². The highest BCUT2D eigenvalue weighted by atomic mass is 16.5. The lowest BCUT2D eigenvalue weighted by atomic mass is 10.4. The molecule has 0 aliphatic heterocycles. The van der Waals surface area contributed by atoms with Gasteiger partial charge in [-0.3, -0.25) is 0 Å². The second-order valence-corrected chi connectivity index (χ2v) is 1.62. The lowest BCUT2D eigenvalue weighted by molar-refractivity contribution is 0.339. The third kappa shape index (κ3) is 1.62. The van der Waals surface area contributed by atoms with Crippen molar-refractivity contribution in [3.63, 3.8) is 0 Å². The maximum Gasteiger partial charge on any atom is 0.137 e. The topological polar surface area (TPSA) is 48.1 Å². The van der Waals surface area contributed by atoms with Crippen LogP contribution in [0.4, 0.5) is 5.82 Å². The van der Waals surface area contributed by atoms with Crippen LogP contribution in [0.2, 0.25) is 0 Å². The highest BCUT2D eigenvalue weighted by molar-refractivity contribution is 5.31. The maximum atomic E-state index is 7.19. The SMILES string of the molecule is [2H]C([2H])([2H])C([2H])([2H])Oc1ccc(N)nc1. The van der Waals surface area contributed by atoms with E-state index in [1.165, 1.54) is 18.3 Å². The Labute approximate surface area is 66.9 Å². The highest BCUT2D eigenvalue weighted by Crippen LogP contribution is 2.08. The van der Waals surface area contributed by atoms with Crippen LogP contribution in [0.3, 0.4) is 0 Å². The van der Waals surface area contributed by atoms with E-state index in [-0.39, 0.29) is 11.6 Å². The lowest BCUT2D eigenvalue weighted by Gasteiger charge is -2.00. The van der Waals surface area contributed by atoms with Crippen LogP contribution in [0.5, 0.6) is 5.75 Å². The van der Waals surface area contributed by atoms with Gasteiger partial charge in [0, 0.05) is 4.11 Å². The van der Waals surface area contributed by atoms with Gasteiger partial charge < -0.3 is 10.5 Å². The first-order valence-corrected chi connectivity index (χ1v) is 2.63. The Balaban J connectivity index is 2.82. The van der Waals surface area contributed by atoms with Crippen LogP contribution >= 0.6 is 0 Å². The number of nitrogens with two attached hydrogens (primary N) is 1. The standard InChI is InChI=1S/C7H10N2O/c1-2-10-6-3-4-7(8)9-5-6/h3-5H,2H2,1H3,(H2,8,9)/i1D3,2D2. The number of rotatable bonds is 2. The van der Waals surface area contributed by atoms with E-state index in [0.29, 0.717) is 0 Å². The van der Waals surface area contributed by atoms with E-state index in [0.717, 1.165) is 0 Å². The zero-order valence-corrected chi connectivity index (χ0v) is 5.16. The van der Waals surface area contributed by atoms with E-state index in [9.17, 15) is 0 Å². The molecule has 1 aromatic rings. The zero-order valence-electron chi connectivity index (χ0n) is 10.2. The second kappa shape index (κ2) is 3.06. The molecule has 0 saturated carbocycles. The fraction of sp³-hybridized carbons (Fsp3) is 0.286. The molecule has 0 aliphatic carbocycles. The van der Waals surface area contributed by atoms with Gasteiger partial charge in [0.2, 0.25) is 0 Å². The first kappa shape index (κ1) is 2.78. The molecule has 1 heterocycles. The average molecular weight is 143 g/mol. The van der Waals surface area contributed by atoms with Crippen LogP contribution in [0.1, 0.15) is 13.7 Å². The van der Waals surface area contributed by atoms with E-state index >= 15 is 0 Å². The molecular weight excluding hydrogens is 128 g/mol. The minimum absolute atomic E-state index is 0.0188. The summed E-state index contributed by atoms with van der Waals surface area (Å²) in [6, 6.07) is 2.75. The van der Waals surface area contributed by atoms with Gasteiger partial charge in [-0.2, -0.15) is 0 Å². The molecule has 0 spiro atoms. The molecule has 2 N–H and O–H groups in total. The molecule has 0 aliphatic rings. The second-order valence-electron chi connectivity index (χ2n) is 1.62. The molecule has 1 aromatic heterocycles. The molecule has 0 amide bonds. The Hall–Kier alpha value is -1.25. The smallest absolute Gasteiger partial charge is 0.137 e. The van der Waals surface area contributed by atoms with Crippen molar-refractivity contribution in [3.8, 4) is 5.75 Å². The Morgan fingerprint density at radius 3 is 3.40 bits per heavy atom. The zero-order chi connectivity index (χ0) is 11.7. The molecule has 3 nitrogen and oxygen atoms in total. The van der Waals surface area contributed by atoms with Crippen molar-refractivity contribution in [2.75, 3.05) is 12.3 Å². The number of hydrogen-bond acceptors (Lipinski definition) is 3. The number of aromatic nitrogens is 1. The Morgan fingerprint density at radius 2 is 2.80 bits per heavy atom. The summed E-state index contributed by atoms with van der Waals surface area (Å²) in [6.45, 7) is -5.60. The van der Waals surface area contributed by atoms with Crippen LogP contribution in [-0.2, 0) is 0 Å². The van der Waals surface area contributed by atoms with E-state index < -0.39 is 13.4 Å². The van der Waals surface area contributed by atoms with Crippen molar-refractivity contribution >= 4 is 5.82 Å². The van der Waals surface area contributed by atoms with Crippen molar-refractivity contribution in [1.82, 2.24) is 4.98 Å². The summed E-state index contributed by atoms with van der Waals surface area (Å²) in [7, 11) is 0. The van der Waals surface area contributed by atoms with Crippen LogP contribution in [0.15, 0.2) is 18.3 Å². The van der Waals surface area contributed by atoms with Crippen LogP contribution < -0.4 is 10.5 Å². The quantitative estimate of drug-likeness (QED) is 0.673. The molecule has 0 fully saturated rings. The molecule has 10 heavy (non-hydrogen) atoms. The maximum absolute atomic E-state index is 7.19. The number of pyridine rings is 1. The van der Waals surface area contributed by atoms with E-state index in [4.69, 9.17) is 12.6 Å². The van der Waals surface area contributed by atoms with Crippen LogP contribution in [0, 0.1) is 0 Å². The summed E-state index contributed by atoms with van der Waals surface area (Å²) >= 11 is 0. The molecule has 0 aromatic carbocycles. The number of nitrogen functional groups attached to an aromatic ring is 1. The third-order valence-corrected chi connectivity index (χ3v) is 0.928. The van der Waals surface area contributed by atoms with E-state index in [1.807, 2.05) is 0 Å². The first-order chi connectivity index (χ1) is 6.72. The third-order valence-electron chi connectivity index (χ3n) is 0.928. The Bertz CT molecular complexity index is 334. The molecular formula is C7H10N2O. The van der Waals surface area contributed by atoms with Gasteiger partial charge in [-0.25, -0.2) is 4.98 Å². The van der Waals surface area contributed by atoms with Gasteiger partial charge >= 0.3 is 0 Å². The van der Waals surface area contributed by atoms with Crippen molar-refractivity contribution in [3.05, 3.63) is 18.3 Å². The fourth-order valence-electron chi connectivity index (χ4n) is 0.511. The van der Waals surface area contributed by atoms with Gasteiger partial charge in [0.1, 0.15) is 11.6 Å². The molecule has 0 bridgehead atoms. The largest absolute Gasteiger partial charge is 0.492 e. The summed E-state index contributed by atoms with van der Waals surface area (Å²) < 4.78 is 39.8. The van der Waals surface area contributed by atoms with Gasteiger partial charge in [-0.15, -0.1) is 0 Å². The van der Waals surface area contributed by atoms with Crippen molar-refractivity contribution in [1.29, 1.82) is 0 Å². The van der Waals surface area contributed by atoms with Crippen molar-refractivity contribution in [2.45, 2.75) is 6.85 Å². The minimum atomic E-state index is -2.85. The molecule has 0 saturated heterocycles. The molecule has 3 heteroatoms. The van der Waals surface area contributed by atoms with Crippen LogP contribution in [-0.4, -0.2) is 11.5 Å². The molecule has 1 rings (SSSR count). The number of ether oxygens (including phenoxy) is 1. The summed E-state index contributed by atoms with van der Waals surface area (Å²) in [4.78, 5) is 3.65. The van der Waals surface area contributed by atoms with Gasteiger partial charge in [-0.1, -0.05) is 0 Å². The summed E-state index contributed by atoms with van der Waals surface area (Å²) in [5.41, 5.74) is 5.30. The van der Waals surface area contributed by atoms with E-state index in [2.05, 4.69) is 9.72 Å². The summed E-state index contributed by atoms with van der Waals surface area (Å²) in [6.07, 6.45) is 1.17. The molecule has 0 unspecified atom stereocenters. The van der Waals surface area contributed by atoms with Crippen LogP contribution in [0.25, 0.3) is 0 Å². The normalized spacial score (nSPS) is 19.4. The average Bonchev–Trinajstić information content (AvgIpc) is 2.06. The number of hydrogen-bond donors (Lipinski definition) is 1. The first-order valence-electron chi connectivity index (χ1n) is 5.13. The fourth-order valence-corrected chi connectivity index (χ4v) is 0.511. The number of anilines is 1.